The van der Waals surface area contributed by atoms with E-state index in [1.165, 1.54) is 6.07 Å². The molecule has 2 N–H and O–H groups in total. The number of likely N-dealkylation sites (tertiary alicyclic amines) is 1. The van der Waals surface area contributed by atoms with Gasteiger partial charge >= 0.3 is 6.18 Å². The Morgan fingerprint density at radius 2 is 1.90 bits per heavy atom. The van der Waals surface area contributed by atoms with Crippen LogP contribution < -0.4 is 5.73 Å². The Morgan fingerprint density at radius 1 is 1.20 bits per heavy atom. The smallest absolute Gasteiger partial charge is 0.327 e. The topological polar surface area (TPSA) is 29.3 Å². The predicted octanol–water partition coefficient (Wildman–Crippen LogP) is 2.93. The maximum absolute atomic E-state index is 13.6. The molecule has 2 unspecified atom stereocenters. The van der Waals surface area contributed by atoms with Crippen molar-refractivity contribution in [1.29, 1.82) is 0 Å². The van der Waals surface area contributed by atoms with Gasteiger partial charge in [0.25, 0.3) is 0 Å². The Labute approximate surface area is 115 Å². The zero-order chi connectivity index (χ0) is 14.8. The largest absolute Gasteiger partial charge is 0.389 e. The maximum atomic E-state index is 13.6. The Kier molecular flexibility index (Phi) is 4.65. The number of nitrogens with zero attached hydrogens (tertiary/aromatic N) is 1. The van der Waals surface area contributed by atoms with E-state index in [0.717, 1.165) is 0 Å². The molecule has 1 aromatic rings. The van der Waals surface area contributed by atoms with Gasteiger partial charge in [-0.2, -0.15) is 13.2 Å². The molecule has 0 aromatic heterocycles. The quantitative estimate of drug-likeness (QED) is 0.867. The highest BCUT2D eigenvalue weighted by Gasteiger charge is 2.35. The fourth-order valence-corrected chi connectivity index (χ4v) is 2.82. The summed E-state index contributed by atoms with van der Waals surface area (Å²) in [4.78, 5) is 1.81. The summed E-state index contributed by atoms with van der Waals surface area (Å²) in [5.74, 6) is -0.843. The standard InChI is InChI=1S/C14H18F4N2/c15-13-4-2-1-3-11(13)8-20-7-10(5-12(19)9-20)6-14(16,17)18/h1-4,10,12H,5-9,19H2. The number of piperidine rings is 1. The van der Waals surface area contributed by atoms with Crippen LogP contribution in [0.5, 0.6) is 0 Å². The number of hydrogen-bond acceptors (Lipinski definition) is 2. The lowest BCUT2D eigenvalue weighted by Crippen LogP contribution is -2.47. The summed E-state index contributed by atoms with van der Waals surface area (Å²) in [6.45, 7) is 1.11. The van der Waals surface area contributed by atoms with Crippen LogP contribution in [-0.2, 0) is 6.54 Å². The SMILES string of the molecule is NC1CC(CC(F)(F)F)CN(Cc2ccccc2F)C1. The minimum atomic E-state index is -4.18. The van der Waals surface area contributed by atoms with Gasteiger partial charge in [-0.1, -0.05) is 18.2 Å². The lowest BCUT2D eigenvalue weighted by Gasteiger charge is -2.36. The van der Waals surface area contributed by atoms with Gasteiger partial charge in [0.2, 0.25) is 0 Å². The lowest BCUT2D eigenvalue weighted by molar-refractivity contribution is -0.148. The van der Waals surface area contributed by atoms with Crippen LogP contribution in [0.25, 0.3) is 0 Å². The summed E-state index contributed by atoms with van der Waals surface area (Å²) in [6, 6.07) is 6.02. The van der Waals surface area contributed by atoms with Gasteiger partial charge in [-0.3, -0.25) is 4.90 Å². The zero-order valence-electron chi connectivity index (χ0n) is 11.0. The summed E-state index contributed by atoms with van der Waals surface area (Å²) >= 11 is 0. The van der Waals surface area contributed by atoms with E-state index in [2.05, 4.69) is 0 Å². The van der Waals surface area contributed by atoms with Crippen molar-refractivity contribution in [2.45, 2.75) is 31.6 Å². The van der Waals surface area contributed by atoms with E-state index in [-0.39, 0.29) is 11.9 Å². The Morgan fingerprint density at radius 3 is 2.55 bits per heavy atom. The third kappa shape index (κ3) is 4.45. The molecule has 1 aliphatic rings. The van der Waals surface area contributed by atoms with Crippen LogP contribution >= 0.6 is 0 Å². The molecule has 1 aromatic carbocycles. The molecule has 0 bridgehead atoms. The van der Waals surface area contributed by atoms with Crippen molar-refractivity contribution < 1.29 is 17.6 Å². The summed E-state index contributed by atoms with van der Waals surface area (Å²) in [7, 11) is 0. The molecule has 20 heavy (non-hydrogen) atoms. The minimum Gasteiger partial charge on any atom is -0.327 e. The fraction of sp³-hybridized carbons (Fsp3) is 0.571. The first kappa shape index (κ1) is 15.3. The third-order valence-corrected chi connectivity index (χ3v) is 3.52. The average molecular weight is 290 g/mol. The maximum Gasteiger partial charge on any atom is 0.389 e. The zero-order valence-corrected chi connectivity index (χ0v) is 11.0. The second kappa shape index (κ2) is 6.10. The van der Waals surface area contributed by atoms with Crippen LogP contribution in [0.2, 0.25) is 0 Å². The molecule has 2 rings (SSSR count). The molecule has 0 radical (unpaired) electrons. The van der Waals surface area contributed by atoms with Crippen molar-refractivity contribution >= 4 is 0 Å². The number of rotatable bonds is 3. The highest BCUT2D eigenvalue weighted by atomic mass is 19.4. The van der Waals surface area contributed by atoms with Crippen molar-refractivity contribution in [2.75, 3.05) is 13.1 Å². The van der Waals surface area contributed by atoms with E-state index in [9.17, 15) is 17.6 Å². The summed E-state index contributed by atoms with van der Waals surface area (Å²) in [5.41, 5.74) is 6.32. The molecule has 2 atom stereocenters. The third-order valence-electron chi connectivity index (χ3n) is 3.52. The summed E-state index contributed by atoms with van der Waals surface area (Å²) in [5, 5.41) is 0. The van der Waals surface area contributed by atoms with Crippen molar-refractivity contribution in [3.8, 4) is 0 Å². The molecule has 1 saturated heterocycles. The Balaban J connectivity index is 1.99. The van der Waals surface area contributed by atoms with E-state index in [4.69, 9.17) is 5.73 Å². The van der Waals surface area contributed by atoms with Gasteiger partial charge in [0.1, 0.15) is 5.82 Å². The molecule has 0 spiro atoms. The lowest BCUT2D eigenvalue weighted by atomic mass is 9.91. The van der Waals surface area contributed by atoms with E-state index in [1.54, 1.807) is 18.2 Å². The predicted molar refractivity (Wildman–Crippen MR) is 68.4 cm³/mol. The van der Waals surface area contributed by atoms with Crippen molar-refractivity contribution in [2.24, 2.45) is 11.7 Å². The summed E-state index contributed by atoms with van der Waals surface area (Å²) < 4.78 is 51.0. The Bertz CT molecular complexity index is 447. The molecule has 0 amide bonds. The van der Waals surface area contributed by atoms with Crippen LogP contribution in [0.15, 0.2) is 24.3 Å². The number of halogens is 4. The molecule has 1 aliphatic heterocycles. The molecule has 2 nitrogen and oxygen atoms in total. The van der Waals surface area contributed by atoms with E-state index < -0.39 is 18.5 Å². The minimum absolute atomic E-state index is 0.289. The van der Waals surface area contributed by atoms with Gasteiger partial charge in [-0.15, -0.1) is 0 Å². The van der Waals surface area contributed by atoms with Gasteiger partial charge in [0.05, 0.1) is 0 Å². The number of nitrogens with two attached hydrogens (primary N) is 1. The Hall–Kier alpha value is -1.14. The second-order valence-electron chi connectivity index (χ2n) is 5.47. The monoisotopic (exact) mass is 290 g/mol. The molecule has 0 aliphatic carbocycles. The highest BCUT2D eigenvalue weighted by molar-refractivity contribution is 5.17. The van der Waals surface area contributed by atoms with Gasteiger partial charge in [-0.25, -0.2) is 4.39 Å². The molecule has 6 heteroatoms. The first-order valence-corrected chi connectivity index (χ1v) is 6.61. The number of hydrogen-bond donors (Lipinski definition) is 1. The van der Waals surface area contributed by atoms with Crippen molar-refractivity contribution in [3.63, 3.8) is 0 Å². The first-order chi connectivity index (χ1) is 9.33. The average Bonchev–Trinajstić information content (AvgIpc) is 2.29. The van der Waals surface area contributed by atoms with Gasteiger partial charge in [0.15, 0.2) is 0 Å². The first-order valence-electron chi connectivity index (χ1n) is 6.61. The van der Waals surface area contributed by atoms with Gasteiger partial charge < -0.3 is 5.73 Å². The van der Waals surface area contributed by atoms with Crippen LogP contribution in [0.4, 0.5) is 17.6 Å². The second-order valence-corrected chi connectivity index (χ2v) is 5.47. The van der Waals surface area contributed by atoms with E-state index >= 15 is 0 Å². The molecular formula is C14H18F4N2. The highest BCUT2D eigenvalue weighted by Crippen LogP contribution is 2.30. The molecule has 1 heterocycles. The van der Waals surface area contributed by atoms with Gasteiger partial charge in [0, 0.05) is 37.7 Å². The summed E-state index contributed by atoms with van der Waals surface area (Å²) in [6.07, 6.45) is -4.63. The fourth-order valence-electron chi connectivity index (χ4n) is 2.82. The van der Waals surface area contributed by atoms with Crippen LogP contribution in [0.3, 0.4) is 0 Å². The number of benzene rings is 1. The molecule has 112 valence electrons. The van der Waals surface area contributed by atoms with Crippen LogP contribution in [0.1, 0.15) is 18.4 Å². The van der Waals surface area contributed by atoms with Crippen molar-refractivity contribution in [1.82, 2.24) is 4.90 Å². The van der Waals surface area contributed by atoms with Gasteiger partial charge in [-0.05, 0) is 18.4 Å². The van der Waals surface area contributed by atoms with Crippen LogP contribution in [-0.4, -0.2) is 30.2 Å². The van der Waals surface area contributed by atoms with Crippen LogP contribution in [0, 0.1) is 11.7 Å². The van der Waals surface area contributed by atoms with E-state index in [0.29, 0.717) is 31.6 Å². The number of alkyl halides is 3. The molecular weight excluding hydrogens is 272 g/mol. The molecule has 1 fully saturated rings. The normalized spacial score (nSPS) is 24.9. The van der Waals surface area contributed by atoms with Crippen molar-refractivity contribution in [3.05, 3.63) is 35.6 Å². The molecule has 0 saturated carbocycles. The van der Waals surface area contributed by atoms with E-state index in [1.807, 2.05) is 4.90 Å².